The molecule has 0 bridgehead atoms. The number of rotatable bonds is 4. The highest BCUT2D eigenvalue weighted by Gasteiger charge is 2.38. The summed E-state index contributed by atoms with van der Waals surface area (Å²) in [6.07, 6.45) is -0.580. The Morgan fingerprint density at radius 3 is 2.57 bits per heavy atom. The van der Waals surface area contributed by atoms with Crippen molar-refractivity contribution in [3.8, 4) is 22.6 Å². The summed E-state index contributed by atoms with van der Waals surface area (Å²) in [5.74, 6) is 0.232. The zero-order valence-electron chi connectivity index (χ0n) is 18.7. The molecule has 1 aliphatic heterocycles. The topological polar surface area (TPSA) is 97.3 Å². The van der Waals surface area contributed by atoms with E-state index in [1.54, 1.807) is 0 Å². The van der Waals surface area contributed by atoms with Crippen molar-refractivity contribution in [1.82, 2.24) is 15.0 Å². The zero-order valence-corrected chi connectivity index (χ0v) is 18.7. The van der Waals surface area contributed by atoms with Crippen LogP contribution in [0, 0.1) is 0 Å². The van der Waals surface area contributed by atoms with Gasteiger partial charge in [0.1, 0.15) is 17.3 Å². The van der Waals surface area contributed by atoms with Gasteiger partial charge in [0, 0.05) is 12.4 Å². The fourth-order valence-electron chi connectivity index (χ4n) is 3.75. The molecule has 3 heterocycles. The first-order valence-corrected chi connectivity index (χ1v) is 10.8. The summed E-state index contributed by atoms with van der Waals surface area (Å²) in [5, 5.41) is 7.12. The van der Waals surface area contributed by atoms with Crippen LogP contribution in [-0.2, 0) is 11.2 Å². The van der Waals surface area contributed by atoms with Crippen molar-refractivity contribution in [3.05, 3.63) is 72.3 Å². The average Bonchev–Trinajstić information content (AvgIpc) is 3.28. The highest BCUT2D eigenvalue weighted by atomic mass is 19.4. The first-order valence-electron chi connectivity index (χ1n) is 10.8. The number of carboxylic acids is 1. The lowest BCUT2D eigenvalue weighted by molar-refractivity contribution is -0.192. The summed E-state index contributed by atoms with van der Waals surface area (Å²) >= 11 is 0. The number of hydrogen-bond donors (Lipinski definition) is 2. The van der Waals surface area contributed by atoms with Crippen LogP contribution in [0.1, 0.15) is 24.2 Å². The third-order valence-corrected chi connectivity index (χ3v) is 5.39. The van der Waals surface area contributed by atoms with E-state index < -0.39 is 12.1 Å². The second-order valence-corrected chi connectivity index (χ2v) is 7.81. The number of imidazole rings is 1. The number of ether oxygens (including phenoxy) is 2. The number of alkyl halides is 3. The predicted molar refractivity (Wildman–Crippen MR) is 123 cm³/mol. The molecule has 1 unspecified atom stereocenters. The first-order chi connectivity index (χ1) is 16.7. The van der Waals surface area contributed by atoms with Crippen molar-refractivity contribution >= 4 is 17.0 Å². The number of nitrogens with one attached hydrogen (secondary N) is 1. The summed E-state index contributed by atoms with van der Waals surface area (Å²) < 4.78 is 43.4. The van der Waals surface area contributed by atoms with E-state index in [-0.39, 0.29) is 5.92 Å². The van der Waals surface area contributed by atoms with E-state index in [9.17, 15) is 13.2 Å². The number of halogens is 3. The lowest BCUT2D eigenvalue weighted by Gasteiger charge is -2.24. The van der Waals surface area contributed by atoms with Crippen molar-refractivity contribution in [2.75, 3.05) is 13.2 Å². The Hall–Kier alpha value is -4.08. The standard InChI is InChI=1S/C23H21N3O2.C2HF3O2/c1-2-27-19-4-6-22-17(12-19)11-18(14-28-22)23-25-20-5-3-16(13-21(20)26-23)15-7-9-24-10-8-15;3-2(4,5)1(6)7/h3-10,12-13,18H,2,11,14H2,1H3,(H,25,26);(H,6,7). The summed E-state index contributed by atoms with van der Waals surface area (Å²) in [6.45, 7) is 3.28. The maximum Gasteiger partial charge on any atom is 0.490 e. The van der Waals surface area contributed by atoms with Crippen molar-refractivity contribution in [1.29, 1.82) is 0 Å². The van der Waals surface area contributed by atoms with Crippen LogP contribution < -0.4 is 9.47 Å². The van der Waals surface area contributed by atoms with Crippen LogP contribution in [0.4, 0.5) is 13.2 Å². The van der Waals surface area contributed by atoms with Crippen LogP contribution in [-0.4, -0.2) is 45.4 Å². The van der Waals surface area contributed by atoms with Crippen LogP contribution in [0.2, 0.25) is 0 Å². The third-order valence-electron chi connectivity index (χ3n) is 5.39. The fraction of sp³-hybridized carbons (Fsp3) is 0.240. The molecule has 1 aliphatic rings. The SMILES string of the molecule is CCOc1ccc2c(c1)CC(c1nc3ccc(-c4ccncc4)cc3[nH]1)CO2.O=C(O)C(F)(F)F. The maximum atomic E-state index is 10.6. The quantitative estimate of drug-likeness (QED) is 0.403. The van der Waals surface area contributed by atoms with Crippen LogP contribution in [0.25, 0.3) is 22.2 Å². The Labute approximate surface area is 198 Å². The van der Waals surface area contributed by atoms with Gasteiger partial charge in [-0.3, -0.25) is 4.98 Å². The van der Waals surface area contributed by atoms with Crippen LogP contribution in [0.15, 0.2) is 60.9 Å². The number of benzene rings is 2. The minimum absolute atomic E-state index is 0.196. The Morgan fingerprint density at radius 1 is 1.14 bits per heavy atom. The molecule has 10 heteroatoms. The molecule has 7 nitrogen and oxygen atoms in total. The van der Waals surface area contributed by atoms with E-state index in [0.29, 0.717) is 13.2 Å². The lowest BCUT2D eigenvalue weighted by Crippen LogP contribution is -2.21. The zero-order chi connectivity index (χ0) is 25.0. The highest BCUT2D eigenvalue weighted by Crippen LogP contribution is 2.35. The molecule has 2 aromatic carbocycles. The Kier molecular flexibility index (Phi) is 6.90. The number of carboxylic acid groups (broad SMARTS) is 1. The van der Waals surface area contributed by atoms with Gasteiger partial charge in [-0.15, -0.1) is 0 Å². The molecule has 2 aromatic heterocycles. The summed E-state index contributed by atoms with van der Waals surface area (Å²) in [5.41, 5.74) is 5.48. The Balaban J connectivity index is 0.000000364. The van der Waals surface area contributed by atoms with E-state index >= 15 is 0 Å². The van der Waals surface area contributed by atoms with Crippen LogP contribution in [0.3, 0.4) is 0 Å². The van der Waals surface area contributed by atoms with Crippen molar-refractivity contribution in [2.24, 2.45) is 0 Å². The molecular formula is C25H22F3N3O4. The summed E-state index contributed by atoms with van der Waals surface area (Å²) in [4.78, 5) is 21.3. The lowest BCUT2D eigenvalue weighted by atomic mass is 9.96. The molecular weight excluding hydrogens is 463 g/mol. The number of nitrogens with zero attached hydrogens (tertiary/aromatic N) is 2. The number of aromatic amines is 1. The van der Waals surface area contributed by atoms with Gasteiger partial charge in [0.25, 0.3) is 0 Å². The monoisotopic (exact) mass is 485 g/mol. The van der Waals surface area contributed by atoms with Gasteiger partial charge in [0.15, 0.2) is 0 Å². The predicted octanol–water partition coefficient (Wildman–Crippen LogP) is 5.38. The molecule has 0 saturated carbocycles. The molecule has 0 amide bonds. The van der Waals surface area contributed by atoms with Gasteiger partial charge in [-0.05, 0) is 72.5 Å². The van der Waals surface area contributed by atoms with Gasteiger partial charge in [-0.2, -0.15) is 13.2 Å². The molecule has 1 atom stereocenters. The van der Waals surface area contributed by atoms with Crippen LogP contribution >= 0.6 is 0 Å². The Bertz CT molecular complexity index is 1320. The summed E-state index contributed by atoms with van der Waals surface area (Å²) in [7, 11) is 0. The number of carbonyl (C=O) groups is 1. The van der Waals surface area contributed by atoms with Crippen molar-refractivity contribution in [2.45, 2.75) is 25.4 Å². The van der Waals surface area contributed by atoms with E-state index in [1.807, 2.05) is 43.6 Å². The van der Waals surface area contributed by atoms with Crippen LogP contribution in [0.5, 0.6) is 11.5 Å². The molecule has 0 radical (unpaired) electrons. The van der Waals surface area contributed by atoms with Crippen molar-refractivity contribution < 1.29 is 32.5 Å². The normalized spacial score (nSPS) is 14.9. The number of fused-ring (bicyclic) bond motifs is 2. The second-order valence-electron chi connectivity index (χ2n) is 7.81. The molecule has 0 aliphatic carbocycles. The second kappa shape index (κ2) is 10.0. The fourth-order valence-corrected chi connectivity index (χ4v) is 3.75. The minimum atomic E-state index is -5.08. The number of aliphatic carboxylic acids is 1. The van der Waals surface area contributed by atoms with E-state index in [1.165, 1.54) is 5.56 Å². The molecule has 0 saturated heterocycles. The third kappa shape index (κ3) is 5.71. The van der Waals surface area contributed by atoms with Gasteiger partial charge in [0.05, 0.1) is 30.2 Å². The highest BCUT2D eigenvalue weighted by molar-refractivity contribution is 5.82. The molecule has 35 heavy (non-hydrogen) atoms. The van der Waals surface area contributed by atoms with E-state index in [0.717, 1.165) is 45.9 Å². The molecule has 2 N–H and O–H groups in total. The molecule has 0 spiro atoms. The molecule has 182 valence electrons. The van der Waals surface area contributed by atoms with Gasteiger partial charge >= 0.3 is 12.1 Å². The average molecular weight is 485 g/mol. The number of aromatic nitrogens is 3. The van der Waals surface area contributed by atoms with Gasteiger partial charge < -0.3 is 19.6 Å². The smallest absolute Gasteiger partial charge is 0.490 e. The molecule has 4 aromatic rings. The Morgan fingerprint density at radius 2 is 1.89 bits per heavy atom. The van der Waals surface area contributed by atoms with Gasteiger partial charge in [0.2, 0.25) is 0 Å². The number of hydrogen-bond acceptors (Lipinski definition) is 5. The minimum Gasteiger partial charge on any atom is -0.494 e. The number of H-pyrrole nitrogens is 1. The molecule has 5 rings (SSSR count). The van der Waals surface area contributed by atoms with Gasteiger partial charge in [-0.25, -0.2) is 9.78 Å². The summed E-state index contributed by atoms with van der Waals surface area (Å²) in [6, 6.07) is 16.4. The first kappa shape index (κ1) is 24.1. The largest absolute Gasteiger partial charge is 0.494 e. The number of pyridine rings is 1. The van der Waals surface area contributed by atoms with Gasteiger partial charge in [-0.1, -0.05) is 6.07 Å². The van der Waals surface area contributed by atoms with E-state index in [2.05, 4.69) is 34.2 Å². The molecule has 0 fully saturated rings. The van der Waals surface area contributed by atoms with E-state index in [4.69, 9.17) is 24.4 Å². The maximum absolute atomic E-state index is 10.6. The van der Waals surface area contributed by atoms with Crippen molar-refractivity contribution in [3.63, 3.8) is 0 Å².